The van der Waals surface area contributed by atoms with E-state index >= 15 is 0 Å². The summed E-state index contributed by atoms with van der Waals surface area (Å²) in [5, 5.41) is 3.45. The normalized spacial score (nSPS) is 18.9. The maximum atomic E-state index is 12.0. The smallest absolute Gasteiger partial charge is 0.215 e. The number of nitrogens with one attached hydrogen (secondary N) is 2. The highest BCUT2D eigenvalue weighted by Crippen LogP contribution is 2.31. The zero-order valence-corrected chi connectivity index (χ0v) is 13.2. The van der Waals surface area contributed by atoms with Gasteiger partial charge in [-0.1, -0.05) is 37.1 Å². The molecule has 2 fully saturated rings. The standard InChI is InChI=1S/C16H24N2O2S/c19-21(20,18-10-9-13-1-2-13)12-15-5-3-14(4-6-15)11-17-16-7-8-16/h3-6,13,16-18H,1-2,7-12H2. The maximum absolute atomic E-state index is 12.0. The van der Waals surface area contributed by atoms with Crippen LogP contribution in [0.15, 0.2) is 24.3 Å². The second kappa shape index (κ2) is 6.46. The Bertz CT molecular complexity index is 560. The number of sulfonamides is 1. The second-order valence-corrected chi connectivity index (χ2v) is 8.16. The molecule has 0 atom stereocenters. The number of rotatable bonds is 9. The summed E-state index contributed by atoms with van der Waals surface area (Å²) in [4.78, 5) is 0. The highest BCUT2D eigenvalue weighted by molar-refractivity contribution is 7.88. The molecule has 21 heavy (non-hydrogen) atoms. The quantitative estimate of drug-likeness (QED) is 0.735. The molecule has 1 aromatic rings. The van der Waals surface area contributed by atoms with Gasteiger partial charge in [0.1, 0.15) is 0 Å². The van der Waals surface area contributed by atoms with E-state index in [1.54, 1.807) is 0 Å². The van der Waals surface area contributed by atoms with Crippen LogP contribution in [0.3, 0.4) is 0 Å². The zero-order chi connectivity index (χ0) is 14.7. The van der Waals surface area contributed by atoms with Crippen molar-refractivity contribution in [3.63, 3.8) is 0 Å². The summed E-state index contributed by atoms with van der Waals surface area (Å²) in [6.45, 7) is 1.45. The Morgan fingerprint density at radius 2 is 1.67 bits per heavy atom. The minimum Gasteiger partial charge on any atom is -0.310 e. The van der Waals surface area contributed by atoms with Crippen molar-refractivity contribution in [2.75, 3.05) is 6.54 Å². The van der Waals surface area contributed by atoms with Gasteiger partial charge in [0.2, 0.25) is 10.0 Å². The lowest BCUT2D eigenvalue weighted by atomic mass is 10.1. The topological polar surface area (TPSA) is 58.2 Å². The van der Waals surface area contributed by atoms with E-state index in [1.165, 1.54) is 31.2 Å². The molecule has 2 aliphatic rings. The maximum Gasteiger partial charge on any atom is 0.215 e. The second-order valence-electron chi connectivity index (χ2n) is 6.36. The lowest BCUT2D eigenvalue weighted by Gasteiger charge is -2.08. The first-order valence-corrected chi connectivity index (χ1v) is 9.54. The van der Waals surface area contributed by atoms with Gasteiger partial charge in [0, 0.05) is 19.1 Å². The van der Waals surface area contributed by atoms with Gasteiger partial charge < -0.3 is 5.32 Å². The van der Waals surface area contributed by atoms with E-state index in [0.717, 1.165) is 24.4 Å². The van der Waals surface area contributed by atoms with E-state index in [9.17, 15) is 8.42 Å². The van der Waals surface area contributed by atoms with Crippen molar-refractivity contribution < 1.29 is 8.42 Å². The molecular weight excluding hydrogens is 284 g/mol. The number of benzene rings is 1. The summed E-state index contributed by atoms with van der Waals surface area (Å²) in [6.07, 6.45) is 6.06. The summed E-state index contributed by atoms with van der Waals surface area (Å²) in [7, 11) is -3.20. The first-order chi connectivity index (χ1) is 10.1. The van der Waals surface area contributed by atoms with Crippen LogP contribution in [-0.2, 0) is 22.3 Å². The molecule has 5 heteroatoms. The average molecular weight is 308 g/mol. The van der Waals surface area contributed by atoms with Crippen LogP contribution in [0, 0.1) is 5.92 Å². The lowest BCUT2D eigenvalue weighted by molar-refractivity contribution is 0.574. The molecule has 2 saturated carbocycles. The van der Waals surface area contributed by atoms with E-state index in [4.69, 9.17) is 0 Å². The molecule has 0 saturated heterocycles. The Morgan fingerprint density at radius 3 is 2.29 bits per heavy atom. The monoisotopic (exact) mass is 308 g/mol. The largest absolute Gasteiger partial charge is 0.310 e. The van der Waals surface area contributed by atoms with Gasteiger partial charge in [-0.25, -0.2) is 13.1 Å². The fourth-order valence-corrected chi connectivity index (χ4v) is 3.56. The Kier molecular flexibility index (Phi) is 4.62. The number of hydrogen-bond acceptors (Lipinski definition) is 3. The van der Waals surface area contributed by atoms with Crippen LogP contribution in [0.25, 0.3) is 0 Å². The van der Waals surface area contributed by atoms with Gasteiger partial charge in [0.25, 0.3) is 0 Å². The van der Waals surface area contributed by atoms with E-state index in [-0.39, 0.29) is 5.75 Å². The first kappa shape index (κ1) is 15.0. The molecule has 0 amide bonds. The molecule has 0 heterocycles. The van der Waals surface area contributed by atoms with Crippen molar-refractivity contribution in [1.82, 2.24) is 10.0 Å². The minimum atomic E-state index is -3.20. The molecule has 3 rings (SSSR count). The van der Waals surface area contributed by atoms with Gasteiger partial charge in [-0.15, -0.1) is 0 Å². The molecule has 0 unspecified atom stereocenters. The van der Waals surface area contributed by atoms with Crippen LogP contribution < -0.4 is 10.0 Å². The first-order valence-electron chi connectivity index (χ1n) is 7.89. The molecule has 0 spiro atoms. The van der Waals surface area contributed by atoms with Crippen molar-refractivity contribution in [3.05, 3.63) is 35.4 Å². The fraction of sp³-hybridized carbons (Fsp3) is 0.625. The van der Waals surface area contributed by atoms with Crippen LogP contribution in [0.1, 0.15) is 43.2 Å². The Labute approximate surface area is 127 Å². The molecule has 0 radical (unpaired) electrons. The highest BCUT2D eigenvalue weighted by Gasteiger charge is 2.22. The third kappa shape index (κ3) is 5.41. The molecule has 1 aromatic carbocycles. The summed E-state index contributed by atoms with van der Waals surface area (Å²) < 4.78 is 26.7. The van der Waals surface area contributed by atoms with Gasteiger partial charge in [0.05, 0.1) is 5.75 Å². The molecule has 2 N–H and O–H groups in total. The van der Waals surface area contributed by atoms with Crippen LogP contribution in [0.4, 0.5) is 0 Å². The third-order valence-electron chi connectivity index (χ3n) is 4.12. The van der Waals surface area contributed by atoms with E-state index in [1.807, 2.05) is 24.3 Å². The Balaban J connectivity index is 1.45. The summed E-state index contributed by atoms with van der Waals surface area (Å²) in [5.74, 6) is 0.833. The third-order valence-corrected chi connectivity index (χ3v) is 5.48. The van der Waals surface area contributed by atoms with Crippen molar-refractivity contribution in [1.29, 1.82) is 0 Å². The van der Waals surface area contributed by atoms with Crippen molar-refractivity contribution >= 4 is 10.0 Å². The van der Waals surface area contributed by atoms with Crippen LogP contribution in [-0.4, -0.2) is 21.0 Å². The van der Waals surface area contributed by atoms with Gasteiger partial charge in [-0.3, -0.25) is 0 Å². The molecule has 4 nitrogen and oxygen atoms in total. The predicted molar refractivity (Wildman–Crippen MR) is 84.3 cm³/mol. The number of hydrogen-bond donors (Lipinski definition) is 2. The molecule has 2 aliphatic carbocycles. The molecule has 0 aliphatic heterocycles. The van der Waals surface area contributed by atoms with Crippen molar-refractivity contribution in [3.8, 4) is 0 Å². The fourth-order valence-electron chi connectivity index (χ4n) is 2.40. The van der Waals surface area contributed by atoms with Crippen molar-refractivity contribution in [2.45, 2.75) is 50.4 Å². The van der Waals surface area contributed by atoms with Gasteiger partial charge in [-0.2, -0.15) is 0 Å². The highest BCUT2D eigenvalue weighted by atomic mass is 32.2. The average Bonchev–Trinajstić information content (AvgIpc) is 3.32. The lowest BCUT2D eigenvalue weighted by Crippen LogP contribution is -2.26. The Morgan fingerprint density at radius 1 is 1.00 bits per heavy atom. The molecular formula is C16H24N2O2S. The van der Waals surface area contributed by atoms with Crippen LogP contribution in [0.5, 0.6) is 0 Å². The van der Waals surface area contributed by atoms with E-state index in [2.05, 4.69) is 10.0 Å². The minimum absolute atomic E-state index is 0.0774. The molecule has 0 aromatic heterocycles. The summed E-state index contributed by atoms with van der Waals surface area (Å²) in [5.41, 5.74) is 2.06. The molecule has 116 valence electrons. The summed E-state index contributed by atoms with van der Waals surface area (Å²) in [6, 6.07) is 8.57. The Hall–Kier alpha value is -0.910. The summed E-state index contributed by atoms with van der Waals surface area (Å²) >= 11 is 0. The predicted octanol–water partition coefficient (Wildman–Crippen LogP) is 2.16. The van der Waals surface area contributed by atoms with Gasteiger partial charge in [0.15, 0.2) is 0 Å². The van der Waals surface area contributed by atoms with E-state index in [0.29, 0.717) is 12.6 Å². The SMILES string of the molecule is O=S(=O)(Cc1ccc(CNC2CC2)cc1)NCCC1CC1. The van der Waals surface area contributed by atoms with Crippen LogP contribution in [0.2, 0.25) is 0 Å². The molecule has 0 bridgehead atoms. The van der Waals surface area contributed by atoms with E-state index < -0.39 is 10.0 Å². The van der Waals surface area contributed by atoms with Crippen LogP contribution >= 0.6 is 0 Å². The van der Waals surface area contributed by atoms with Gasteiger partial charge in [-0.05, 0) is 36.3 Å². The van der Waals surface area contributed by atoms with Gasteiger partial charge >= 0.3 is 0 Å². The zero-order valence-electron chi connectivity index (χ0n) is 12.3. The van der Waals surface area contributed by atoms with Crippen molar-refractivity contribution in [2.24, 2.45) is 5.92 Å².